The second-order valence-electron chi connectivity index (χ2n) is 7.96. The van der Waals surface area contributed by atoms with E-state index in [-0.39, 0.29) is 5.76 Å². The van der Waals surface area contributed by atoms with E-state index in [1.165, 1.54) is 11.3 Å². The summed E-state index contributed by atoms with van der Waals surface area (Å²) in [4.78, 5) is 38.1. The molecule has 1 atom stereocenters. The van der Waals surface area contributed by atoms with Crippen LogP contribution < -0.4 is 15.8 Å². The number of amides is 2. The topological polar surface area (TPSA) is 121 Å². The highest BCUT2D eigenvalue weighted by Gasteiger charge is 2.27. The first-order chi connectivity index (χ1) is 15.3. The zero-order valence-corrected chi connectivity index (χ0v) is 18.9. The Bertz CT molecular complexity index is 1230. The van der Waals surface area contributed by atoms with Crippen molar-refractivity contribution in [3.63, 3.8) is 0 Å². The first-order valence-electron chi connectivity index (χ1n) is 10.3. The van der Waals surface area contributed by atoms with Gasteiger partial charge in [-0.2, -0.15) is 0 Å². The molecule has 1 unspecified atom stereocenters. The number of thiophene rings is 1. The number of furan rings is 1. The Balaban J connectivity index is 1.46. The number of esters is 1. The minimum Gasteiger partial charge on any atom is -0.497 e. The van der Waals surface area contributed by atoms with Gasteiger partial charge in [0, 0.05) is 15.8 Å². The molecule has 3 aromatic rings. The summed E-state index contributed by atoms with van der Waals surface area (Å²) in [6.07, 6.45) is 2.57. The normalized spacial score (nSPS) is 15.3. The molecule has 1 aliphatic carbocycles. The lowest BCUT2D eigenvalue weighted by molar-refractivity contribution is -0.119. The van der Waals surface area contributed by atoms with E-state index in [9.17, 15) is 14.4 Å². The van der Waals surface area contributed by atoms with Crippen molar-refractivity contribution in [2.75, 3.05) is 19.0 Å². The zero-order valence-electron chi connectivity index (χ0n) is 18.1. The van der Waals surface area contributed by atoms with Crippen molar-refractivity contribution in [3.05, 3.63) is 45.5 Å². The molecular weight excluding hydrogens is 432 g/mol. The van der Waals surface area contributed by atoms with Crippen LogP contribution in [0.2, 0.25) is 0 Å². The Kier molecular flexibility index (Phi) is 5.92. The van der Waals surface area contributed by atoms with Crippen LogP contribution in [0.1, 0.15) is 50.3 Å². The Morgan fingerprint density at radius 2 is 2.09 bits per heavy atom. The number of fused-ring (bicyclic) bond motifs is 2. The lowest BCUT2D eigenvalue weighted by Crippen LogP contribution is -2.23. The summed E-state index contributed by atoms with van der Waals surface area (Å²) in [7, 11) is 1.55. The van der Waals surface area contributed by atoms with E-state index in [2.05, 4.69) is 12.2 Å². The molecule has 0 saturated carbocycles. The molecule has 0 aliphatic heterocycles. The van der Waals surface area contributed by atoms with Gasteiger partial charge in [-0.3, -0.25) is 9.59 Å². The lowest BCUT2D eigenvalue weighted by Gasteiger charge is -2.18. The standard InChI is InChI=1S/C23H24N2O6S/c1-11-4-6-14-17(8-11)32-22(19(14)21(24)27)25-18(26)10-30-23(28)20-12(2)15-9-13(29-3)5-7-16(15)31-20/h5,7,9,11H,4,6,8,10H2,1-3H3,(H2,24,27)(H,25,26). The predicted octanol–water partition coefficient (Wildman–Crippen LogP) is 3.83. The Morgan fingerprint density at radius 1 is 1.31 bits per heavy atom. The second-order valence-corrected chi connectivity index (χ2v) is 9.07. The van der Waals surface area contributed by atoms with E-state index in [0.29, 0.717) is 33.4 Å². The Labute approximate surface area is 188 Å². The third kappa shape index (κ3) is 4.08. The molecule has 0 fully saturated rings. The van der Waals surface area contributed by atoms with Gasteiger partial charge >= 0.3 is 5.97 Å². The van der Waals surface area contributed by atoms with Crippen LogP contribution in [0.3, 0.4) is 0 Å². The number of ether oxygens (including phenoxy) is 2. The number of hydrogen-bond acceptors (Lipinski definition) is 7. The minimum absolute atomic E-state index is 0.0273. The molecule has 9 heteroatoms. The number of hydrogen-bond donors (Lipinski definition) is 2. The summed E-state index contributed by atoms with van der Waals surface area (Å²) in [5.41, 5.74) is 7.97. The van der Waals surface area contributed by atoms with Crippen LogP contribution >= 0.6 is 11.3 Å². The van der Waals surface area contributed by atoms with Crippen molar-refractivity contribution in [2.45, 2.75) is 33.1 Å². The zero-order chi connectivity index (χ0) is 23.0. The SMILES string of the molecule is COc1ccc2oc(C(=O)OCC(=O)Nc3sc4c(c3C(N)=O)CCC(C)C4)c(C)c2c1. The van der Waals surface area contributed by atoms with Crippen LogP contribution in [0, 0.1) is 12.8 Å². The molecular formula is C23H24N2O6S. The van der Waals surface area contributed by atoms with Gasteiger partial charge in [0.25, 0.3) is 11.8 Å². The molecule has 32 heavy (non-hydrogen) atoms. The molecule has 1 aromatic carbocycles. The average molecular weight is 457 g/mol. The third-order valence-electron chi connectivity index (χ3n) is 5.67. The fourth-order valence-electron chi connectivity index (χ4n) is 3.98. The second kappa shape index (κ2) is 8.66. The number of benzene rings is 1. The van der Waals surface area contributed by atoms with Gasteiger partial charge in [-0.1, -0.05) is 6.92 Å². The Morgan fingerprint density at radius 3 is 2.81 bits per heavy atom. The highest BCUT2D eigenvalue weighted by Crippen LogP contribution is 2.39. The maximum Gasteiger partial charge on any atom is 0.375 e. The van der Waals surface area contributed by atoms with E-state index < -0.39 is 24.4 Å². The van der Waals surface area contributed by atoms with E-state index in [4.69, 9.17) is 19.6 Å². The molecule has 3 N–H and O–H groups in total. The van der Waals surface area contributed by atoms with E-state index in [1.54, 1.807) is 32.2 Å². The van der Waals surface area contributed by atoms with Crippen molar-refractivity contribution in [2.24, 2.45) is 11.7 Å². The smallest absolute Gasteiger partial charge is 0.375 e. The molecule has 1 aliphatic rings. The Hall–Kier alpha value is -3.33. The maximum atomic E-state index is 12.5. The fraction of sp³-hybridized carbons (Fsp3) is 0.348. The average Bonchev–Trinajstić information content (AvgIpc) is 3.28. The van der Waals surface area contributed by atoms with Gasteiger partial charge in [0.2, 0.25) is 5.76 Å². The molecule has 4 rings (SSSR count). The highest BCUT2D eigenvalue weighted by atomic mass is 32.1. The van der Waals surface area contributed by atoms with Gasteiger partial charge in [-0.15, -0.1) is 11.3 Å². The molecule has 2 aromatic heterocycles. The van der Waals surface area contributed by atoms with Crippen LogP contribution in [-0.4, -0.2) is 31.5 Å². The summed E-state index contributed by atoms with van der Waals surface area (Å²) in [5.74, 6) is -0.695. The van der Waals surface area contributed by atoms with E-state index >= 15 is 0 Å². The number of anilines is 1. The quantitative estimate of drug-likeness (QED) is 0.544. The molecule has 0 radical (unpaired) electrons. The summed E-state index contributed by atoms with van der Waals surface area (Å²) in [6, 6.07) is 5.20. The number of nitrogens with two attached hydrogens (primary N) is 1. The van der Waals surface area contributed by atoms with Gasteiger partial charge in [0.15, 0.2) is 6.61 Å². The van der Waals surface area contributed by atoms with E-state index in [0.717, 1.165) is 35.1 Å². The van der Waals surface area contributed by atoms with Gasteiger partial charge in [0.05, 0.1) is 12.7 Å². The minimum atomic E-state index is -0.748. The summed E-state index contributed by atoms with van der Waals surface area (Å²) in [6.45, 7) is 3.37. The molecule has 2 heterocycles. The lowest BCUT2D eigenvalue weighted by atomic mass is 9.88. The first kappa shape index (κ1) is 21.9. The van der Waals surface area contributed by atoms with Crippen LogP contribution in [0.15, 0.2) is 22.6 Å². The molecule has 0 saturated heterocycles. The van der Waals surface area contributed by atoms with Crippen molar-refractivity contribution >= 4 is 45.1 Å². The number of carbonyl (C=O) groups is 3. The van der Waals surface area contributed by atoms with Gasteiger partial charge in [-0.25, -0.2) is 4.79 Å². The van der Waals surface area contributed by atoms with E-state index in [1.807, 2.05) is 0 Å². The van der Waals surface area contributed by atoms with Gasteiger partial charge in [0.1, 0.15) is 16.3 Å². The third-order valence-corrected chi connectivity index (χ3v) is 6.84. The number of carbonyl (C=O) groups excluding carboxylic acids is 3. The summed E-state index contributed by atoms with van der Waals surface area (Å²) >= 11 is 1.36. The summed E-state index contributed by atoms with van der Waals surface area (Å²) < 4.78 is 16.0. The van der Waals surface area contributed by atoms with Crippen LogP contribution in [-0.2, 0) is 22.4 Å². The number of methoxy groups -OCH3 is 1. The molecule has 168 valence electrons. The van der Waals surface area contributed by atoms with Crippen molar-refractivity contribution < 1.29 is 28.3 Å². The monoisotopic (exact) mass is 456 g/mol. The highest BCUT2D eigenvalue weighted by molar-refractivity contribution is 7.17. The molecule has 8 nitrogen and oxygen atoms in total. The number of aryl methyl sites for hydroxylation is 1. The van der Waals surface area contributed by atoms with Crippen molar-refractivity contribution in [3.8, 4) is 5.75 Å². The molecule has 0 bridgehead atoms. The van der Waals surface area contributed by atoms with Crippen LogP contribution in [0.4, 0.5) is 5.00 Å². The number of nitrogens with one attached hydrogen (secondary N) is 1. The van der Waals surface area contributed by atoms with Crippen molar-refractivity contribution in [1.29, 1.82) is 0 Å². The largest absolute Gasteiger partial charge is 0.497 e. The summed E-state index contributed by atoms with van der Waals surface area (Å²) in [5, 5.41) is 3.82. The number of rotatable bonds is 6. The maximum absolute atomic E-state index is 12.5. The number of primary amides is 1. The van der Waals surface area contributed by atoms with Crippen molar-refractivity contribution in [1.82, 2.24) is 0 Å². The molecule has 2 amide bonds. The van der Waals surface area contributed by atoms with Crippen LogP contribution in [0.25, 0.3) is 11.0 Å². The fourth-order valence-corrected chi connectivity index (χ4v) is 5.41. The predicted molar refractivity (Wildman–Crippen MR) is 120 cm³/mol. The first-order valence-corrected chi connectivity index (χ1v) is 11.1. The molecule has 0 spiro atoms. The van der Waals surface area contributed by atoms with Gasteiger partial charge < -0.3 is 24.9 Å². The van der Waals surface area contributed by atoms with Crippen LogP contribution in [0.5, 0.6) is 5.75 Å². The van der Waals surface area contributed by atoms with Gasteiger partial charge in [-0.05, 0) is 55.9 Å².